The van der Waals surface area contributed by atoms with Gasteiger partial charge in [0.1, 0.15) is 18.6 Å². The van der Waals surface area contributed by atoms with Gasteiger partial charge in [-0.05, 0) is 23.9 Å². The molecule has 2 amide bonds. The standard InChI is InChI=1S/C28H33N3O12S/c1-40-16-9-12-5-6-13-20(19(12)24(42-3)23(16)41-2)26(25(43-4)22(36)21(13)35)44-11-15(27(37)30-10-18(33)34)31-17(32)8-7-14(29)28(38)39/h5-6,9,14-15,35-36H,7-8,10-11,29H2,1-4H3,(H,30,37)(H,31,32)(H,33,34)(H,38,39). The van der Waals surface area contributed by atoms with E-state index in [0.29, 0.717) is 21.9 Å². The molecule has 0 aliphatic rings. The first-order valence-corrected chi connectivity index (χ1v) is 14.0. The lowest BCUT2D eigenvalue weighted by molar-refractivity contribution is -0.139. The Morgan fingerprint density at radius 1 is 0.909 bits per heavy atom. The third-order valence-corrected chi connectivity index (χ3v) is 7.78. The van der Waals surface area contributed by atoms with Gasteiger partial charge in [0.05, 0.1) is 33.3 Å². The summed E-state index contributed by atoms with van der Waals surface area (Å²) in [6.07, 6.45) is -0.532. The van der Waals surface area contributed by atoms with Gasteiger partial charge in [0.25, 0.3) is 0 Å². The zero-order valence-electron chi connectivity index (χ0n) is 24.3. The lowest BCUT2D eigenvalue weighted by Crippen LogP contribution is -2.49. The Morgan fingerprint density at radius 2 is 1.57 bits per heavy atom. The molecule has 8 N–H and O–H groups in total. The second kappa shape index (κ2) is 14.6. The summed E-state index contributed by atoms with van der Waals surface area (Å²) in [5, 5.41) is 46.1. The second-order valence-corrected chi connectivity index (χ2v) is 10.3. The molecular weight excluding hydrogens is 602 g/mol. The van der Waals surface area contributed by atoms with Crippen molar-refractivity contribution in [2.75, 3.05) is 40.7 Å². The number of nitrogens with two attached hydrogens (primary N) is 1. The highest BCUT2D eigenvalue weighted by Gasteiger charge is 2.28. The number of carboxylic acid groups (broad SMARTS) is 2. The third kappa shape index (κ3) is 7.03. The van der Waals surface area contributed by atoms with Crippen LogP contribution in [-0.2, 0) is 19.2 Å². The number of fused-ring (bicyclic) bond motifs is 3. The number of benzene rings is 3. The van der Waals surface area contributed by atoms with Crippen LogP contribution in [0.5, 0.6) is 34.5 Å². The maximum Gasteiger partial charge on any atom is 0.322 e. The van der Waals surface area contributed by atoms with Crippen molar-refractivity contribution in [1.82, 2.24) is 10.6 Å². The van der Waals surface area contributed by atoms with Gasteiger partial charge in [0.15, 0.2) is 23.0 Å². The Balaban J connectivity index is 2.17. The maximum atomic E-state index is 13.0. The SMILES string of the molecule is COc1cc2ccc3c(O)c(O)c(OC)c(SCC(NC(=O)CCC(N)C(=O)O)C(=O)NCC(=O)O)c3c2c(OC)c1OC. The average molecular weight is 636 g/mol. The summed E-state index contributed by atoms with van der Waals surface area (Å²) >= 11 is 0.958. The Bertz CT molecular complexity index is 1600. The zero-order valence-corrected chi connectivity index (χ0v) is 25.1. The molecule has 0 radical (unpaired) electrons. The average Bonchev–Trinajstić information content (AvgIpc) is 3.00. The molecule has 15 nitrogen and oxygen atoms in total. The molecular formula is C28H33N3O12S. The minimum atomic E-state index is -1.32. The van der Waals surface area contributed by atoms with E-state index in [2.05, 4.69) is 10.6 Å². The number of thioether (sulfide) groups is 1. The molecule has 0 aliphatic carbocycles. The van der Waals surface area contributed by atoms with Crippen molar-refractivity contribution in [1.29, 1.82) is 0 Å². The number of amides is 2. The first-order valence-electron chi connectivity index (χ1n) is 13.0. The number of ether oxygens (including phenoxy) is 4. The van der Waals surface area contributed by atoms with Gasteiger partial charge in [0, 0.05) is 28.3 Å². The van der Waals surface area contributed by atoms with Crippen LogP contribution in [0.15, 0.2) is 23.1 Å². The molecule has 2 atom stereocenters. The third-order valence-electron chi connectivity index (χ3n) is 6.60. The fourth-order valence-corrected chi connectivity index (χ4v) is 5.72. The van der Waals surface area contributed by atoms with Crippen LogP contribution in [0.25, 0.3) is 21.5 Å². The van der Waals surface area contributed by atoms with E-state index in [4.69, 9.17) is 34.9 Å². The zero-order chi connectivity index (χ0) is 32.7. The van der Waals surface area contributed by atoms with Crippen molar-refractivity contribution in [3.63, 3.8) is 0 Å². The van der Waals surface area contributed by atoms with Gasteiger partial charge in [-0.15, -0.1) is 11.8 Å². The van der Waals surface area contributed by atoms with E-state index in [0.717, 1.165) is 11.8 Å². The quantitative estimate of drug-likeness (QED) is 0.0710. The number of phenolic OH excluding ortho intramolecular Hbond substituents is 2. The second-order valence-electron chi connectivity index (χ2n) is 9.32. The highest BCUT2D eigenvalue weighted by atomic mass is 32.2. The van der Waals surface area contributed by atoms with Gasteiger partial charge in [-0.2, -0.15) is 0 Å². The molecule has 0 aromatic heterocycles. The fraction of sp³-hybridized carbons (Fsp3) is 0.357. The van der Waals surface area contributed by atoms with Gasteiger partial charge in [-0.1, -0.05) is 6.07 Å². The number of carboxylic acids is 2. The Hall–Kier alpha value is -4.83. The van der Waals surface area contributed by atoms with Crippen LogP contribution in [0.4, 0.5) is 0 Å². The number of phenols is 2. The minimum Gasteiger partial charge on any atom is -0.504 e. The monoisotopic (exact) mass is 635 g/mol. The largest absolute Gasteiger partial charge is 0.504 e. The number of methoxy groups -OCH3 is 4. The molecule has 44 heavy (non-hydrogen) atoms. The van der Waals surface area contributed by atoms with Gasteiger partial charge >= 0.3 is 11.9 Å². The molecule has 3 aromatic carbocycles. The number of hydrogen-bond donors (Lipinski definition) is 7. The topological polar surface area (TPSA) is 236 Å². The smallest absolute Gasteiger partial charge is 0.322 e. The molecule has 0 saturated carbocycles. The summed E-state index contributed by atoms with van der Waals surface area (Å²) in [6, 6.07) is 2.29. The van der Waals surface area contributed by atoms with Crippen molar-refractivity contribution in [3.8, 4) is 34.5 Å². The Kier molecular flexibility index (Phi) is 11.1. The van der Waals surface area contributed by atoms with Crippen molar-refractivity contribution < 1.29 is 58.6 Å². The van der Waals surface area contributed by atoms with E-state index in [9.17, 15) is 29.4 Å². The van der Waals surface area contributed by atoms with E-state index in [1.165, 1.54) is 28.4 Å². The predicted molar refractivity (Wildman–Crippen MR) is 159 cm³/mol. The van der Waals surface area contributed by atoms with E-state index in [1.807, 2.05) is 0 Å². The number of aromatic hydroxyl groups is 2. The Morgan fingerprint density at radius 3 is 2.14 bits per heavy atom. The van der Waals surface area contributed by atoms with E-state index < -0.39 is 53.9 Å². The number of hydrogen-bond acceptors (Lipinski definition) is 12. The fourth-order valence-electron chi connectivity index (χ4n) is 4.48. The van der Waals surface area contributed by atoms with Crippen molar-refractivity contribution >= 4 is 57.1 Å². The van der Waals surface area contributed by atoms with E-state index in [-0.39, 0.29) is 46.1 Å². The lowest BCUT2D eigenvalue weighted by atomic mass is 9.98. The first-order chi connectivity index (χ1) is 20.9. The van der Waals surface area contributed by atoms with Gasteiger partial charge in [-0.3, -0.25) is 19.2 Å². The predicted octanol–water partition coefficient (Wildman–Crippen LogP) is 1.41. The molecule has 0 bridgehead atoms. The molecule has 3 aromatic rings. The maximum absolute atomic E-state index is 13.0. The summed E-state index contributed by atoms with van der Waals surface area (Å²) in [6.45, 7) is -0.727. The highest BCUT2D eigenvalue weighted by molar-refractivity contribution is 7.99. The molecule has 3 rings (SSSR count). The first kappa shape index (κ1) is 33.7. The number of rotatable bonds is 15. The number of carbonyl (C=O) groups excluding carboxylic acids is 2. The molecule has 16 heteroatoms. The molecule has 0 saturated heterocycles. The number of nitrogens with one attached hydrogen (secondary N) is 2. The van der Waals surface area contributed by atoms with Crippen molar-refractivity contribution in [2.45, 2.75) is 29.8 Å². The Labute approximate surface area is 255 Å². The van der Waals surface area contributed by atoms with Crippen LogP contribution in [0.1, 0.15) is 12.8 Å². The van der Waals surface area contributed by atoms with Gasteiger partial charge in [-0.25, -0.2) is 0 Å². The van der Waals surface area contributed by atoms with E-state index in [1.54, 1.807) is 18.2 Å². The summed E-state index contributed by atoms with van der Waals surface area (Å²) in [4.78, 5) is 48.0. The summed E-state index contributed by atoms with van der Waals surface area (Å²) < 4.78 is 22.2. The summed E-state index contributed by atoms with van der Waals surface area (Å²) in [5.41, 5.74) is 5.48. The van der Waals surface area contributed by atoms with Crippen LogP contribution >= 0.6 is 11.8 Å². The molecule has 0 aliphatic heterocycles. The van der Waals surface area contributed by atoms with Crippen LogP contribution in [0.3, 0.4) is 0 Å². The van der Waals surface area contributed by atoms with Gasteiger partial charge < -0.3 is 55.7 Å². The molecule has 2 unspecified atom stereocenters. The van der Waals surface area contributed by atoms with Gasteiger partial charge in [0.2, 0.25) is 23.3 Å². The lowest BCUT2D eigenvalue weighted by Gasteiger charge is -2.22. The van der Waals surface area contributed by atoms with Crippen LogP contribution in [0, 0.1) is 0 Å². The van der Waals surface area contributed by atoms with Crippen molar-refractivity contribution in [3.05, 3.63) is 18.2 Å². The van der Waals surface area contributed by atoms with Crippen LogP contribution in [0.2, 0.25) is 0 Å². The summed E-state index contributed by atoms with van der Waals surface area (Å²) in [7, 11) is 5.55. The van der Waals surface area contributed by atoms with E-state index >= 15 is 0 Å². The molecule has 238 valence electrons. The molecule has 0 fully saturated rings. The minimum absolute atomic E-state index is 0.146. The van der Waals surface area contributed by atoms with Crippen molar-refractivity contribution in [2.24, 2.45) is 5.73 Å². The highest BCUT2D eigenvalue weighted by Crippen LogP contribution is 2.54. The normalized spacial score (nSPS) is 12.3. The molecule has 0 heterocycles. The van der Waals surface area contributed by atoms with Crippen LogP contribution in [-0.4, -0.2) is 97.0 Å². The number of aliphatic carboxylic acids is 2. The number of carbonyl (C=O) groups is 4. The molecule has 0 spiro atoms. The summed E-state index contributed by atoms with van der Waals surface area (Å²) in [5.74, 6) is -4.75. The van der Waals surface area contributed by atoms with Crippen LogP contribution < -0.4 is 35.3 Å².